The van der Waals surface area contributed by atoms with Gasteiger partial charge in [-0.1, -0.05) is 41.5 Å². The average molecular weight is 316 g/mol. The molecule has 0 bridgehead atoms. The van der Waals surface area contributed by atoms with Crippen molar-refractivity contribution in [2.75, 3.05) is 13.1 Å². The molecule has 0 unspecified atom stereocenters. The van der Waals surface area contributed by atoms with Gasteiger partial charge < -0.3 is 5.32 Å². The van der Waals surface area contributed by atoms with Crippen LogP contribution in [0.4, 0.5) is 0 Å². The van der Waals surface area contributed by atoms with E-state index in [1.54, 1.807) is 17.4 Å². The quantitative estimate of drug-likeness (QED) is 0.817. The monoisotopic (exact) mass is 315 g/mol. The Bertz CT molecular complexity index is 542. The van der Waals surface area contributed by atoms with Gasteiger partial charge >= 0.3 is 0 Å². The molecule has 0 saturated carbocycles. The molecular formula is C13H15Cl2N3S. The van der Waals surface area contributed by atoms with Crippen molar-refractivity contribution in [3.8, 4) is 10.6 Å². The molecular weight excluding hydrogens is 301 g/mol. The van der Waals surface area contributed by atoms with Crippen molar-refractivity contribution in [3.05, 3.63) is 33.3 Å². The third-order valence-electron chi connectivity index (χ3n) is 2.57. The lowest BCUT2D eigenvalue weighted by atomic mass is 10.2. The highest BCUT2D eigenvalue weighted by molar-refractivity contribution is 7.14. The summed E-state index contributed by atoms with van der Waals surface area (Å²) in [5.41, 5.74) is 0.885. The van der Waals surface area contributed by atoms with Crippen molar-refractivity contribution in [2.45, 2.75) is 19.8 Å². The molecule has 1 heterocycles. The Morgan fingerprint density at radius 2 is 2.05 bits per heavy atom. The normalized spacial score (nSPS) is 10.9. The average Bonchev–Trinajstić information content (AvgIpc) is 2.83. The highest BCUT2D eigenvalue weighted by Crippen LogP contribution is 2.32. The van der Waals surface area contributed by atoms with E-state index in [1.807, 2.05) is 12.1 Å². The van der Waals surface area contributed by atoms with Crippen LogP contribution in [0.1, 0.15) is 18.4 Å². The zero-order valence-electron chi connectivity index (χ0n) is 10.6. The highest BCUT2D eigenvalue weighted by atomic mass is 35.5. The summed E-state index contributed by atoms with van der Waals surface area (Å²) < 4.78 is 0. The lowest BCUT2D eigenvalue weighted by Crippen LogP contribution is -2.17. The summed E-state index contributed by atoms with van der Waals surface area (Å²) in [6.45, 7) is 4.12. The van der Waals surface area contributed by atoms with Gasteiger partial charge in [0.05, 0.1) is 5.02 Å². The van der Waals surface area contributed by atoms with Gasteiger partial charge in [0.25, 0.3) is 0 Å². The van der Waals surface area contributed by atoms with Crippen LogP contribution in [0.25, 0.3) is 10.6 Å². The van der Waals surface area contributed by atoms with Gasteiger partial charge in [0.2, 0.25) is 0 Å². The van der Waals surface area contributed by atoms with Crippen molar-refractivity contribution in [1.29, 1.82) is 0 Å². The van der Waals surface area contributed by atoms with Gasteiger partial charge in [-0.15, -0.1) is 10.2 Å². The van der Waals surface area contributed by atoms with E-state index in [0.717, 1.165) is 41.5 Å². The van der Waals surface area contributed by atoms with Crippen molar-refractivity contribution >= 4 is 34.5 Å². The molecule has 2 aromatic rings. The third-order valence-corrected chi connectivity index (χ3v) is 4.13. The number of hydrogen-bond donors (Lipinski definition) is 1. The van der Waals surface area contributed by atoms with E-state index >= 15 is 0 Å². The Balaban J connectivity index is 2.04. The van der Waals surface area contributed by atoms with E-state index < -0.39 is 0 Å². The highest BCUT2D eigenvalue weighted by Gasteiger charge is 2.10. The van der Waals surface area contributed by atoms with Crippen LogP contribution >= 0.6 is 34.5 Å². The number of benzene rings is 1. The molecule has 0 radical (unpaired) electrons. The molecule has 1 aromatic carbocycles. The first-order valence-electron chi connectivity index (χ1n) is 6.19. The maximum Gasteiger partial charge on any atom is 0.149 e. The molecule has 0 fully saturated rings. The zero-order chi connectivity index (χ0) is 13.7. The van der Waals surface area contributed by atoms with E-state index in [2.05, 4.69) is 22.4 Å². The predicted octanol–water partition coefficient (Wildman–Crippen LogP) is 4.05. The summed E-state index contributed by atoms with van der Waals surface area (Å²) in [7, 11) is 0. The molecule has 3 nitrogen and oxygen atoms in total. The molecule has 0 spiro atoms. The first kappa shape index (κ1) is 14.7. The van der Waals surface area contributed by atoms with E-state index in [-0.39, 0.29) is 0 Å². The van der Waals surface area contributed by atoms with Crippen molar-refractivity contribution < 1.29 is 0 Å². The van der Waals surface area contributed by atoms with Gasteiger partial charge in [0.1, 0.15) is 10.0 Å². The summed E-state index contributed by atoms with van der Waals surface area (Å²) in [5.74, 6) is 0. The summed E-state index contributed by atoms with van der Waals surface area (Å²) in [4.78, 5) is 0. The number of nitrogens with one attached hydrogen (secondary N) is 1. The second kappa shape index (κ2) is 7.20. The van der Waals surface area contributed by atoms with E-state index in [1.165, 1.54) is 0 Å². The predicted molar refractivity (Wildman–Crippen MR) is 82.2 cm³/mol. The molecule has 0 saturated heterocycles. The van der Waals surface area contributed by atoms with E-state index in [4.69, 9.17) is 23.2 Å². The lowest BCUT2D eigenvalue weighted by molar-refractivity contribution is 0.668. The zero-order valence-corrected chi connectivity index (χ0v) is 12.9. The molecule has 2 rings (SSSR count). The van der Waals surface area contributed by atoms with Gasteiger partial charge in [0.15, 0.2) is 0 Å². The maximum atomic E-state index is 6.16. The van der Waals surface area contributed by atoms with Gasteiger partial charge in [-0.25, -0.2) is 0 Å². The minimum atomic E-state index is 0.610. The van der Waals surface area contributed by atoms with E-state index in [9.17, 15) is 0 Å². The van der Waals surface area contributed by atoms with Crippen LogP contribution < -0.4 is 5.32 Å². The standard InChI is InChI=1S/C13H15Cl2N3S/c1-2-6-16-7-5-12-17-18-13(19-12)10-4-3-9(14)8-11(10)15/h3-4,8,16H,2,5-7H2,1H3. The largest absolute Gasteiger partial charge is 0.316 e. The van der Waals surface area contributed by atoms with Gasteiger partial charge in [-0.05, 0) is 31.2 Å². The molecule has 6 heteroatoms. The van der Waals surface area contributed by atoms with E-state index in [0.29, 0.717) is 10.0 Å². The molecule has 1 aromatic heterocycles. The number of nitrogens with zero attached hydrogens (tertiary/aromatic N) is 2. The van der Waals surface area contributed by atoms with Crippen LogP contribution in [0, 0.1) is 0 Å². The number of rotatable bonds is 6. The fourth-order valence-electron chi connectivity index (χ4n) is 1.62. The van der Waals surface area contributed by atoms with Crippen LogP contribution in [0.15, 0.2) is 18.2 Å². The maximum absolute atomic E-state index is 6.16. The molecule has 0 aliphatic carbocycles. The Morgan fingerprint density at radius 1 is 1.21 bits per heavy atom. The topological polar surface area (TPSA) is 37.8 Å². The molecule has 102 valence electrons. The Hall–Kier alpha value is -0.680. The summed E-state index contributed by atoms with van der Waals surface area (Å²) in [6, 6.07) is 5.42. The van der Waals surface area contributed by atoms with Crippen LogP contribution in [0.5, 0.6) is 0 Å². The first-order valence-corrected chi connectivity index (χ1v) is 7.76. The number of halogens is 2. The minimum Gasteiger partial charge on any atom is -0.316 e. The van der Waals surface area contributed by atoms with Crippen LogP contribution in [-0.2, 0) is 6.42 Å². The van der Waals surface area contributed by atoms with Crippen molar-refractivity contribution in [2.24, 2.45) is 0 Å². The van der Waals surface area contributed by atoms with Crippen molar-refractivity contribution in [1.82, 2.24) is 15.5 Å². The second-order valence-corrected chi connectivity index (χ2v) is 6.03. The summed E-state index contributed by atoms with van der Waals surface area (Å²) >= 11 is 13.6. The van der Waals surface area contributed by atoms with Crippen LogP contribution in [0.3, 0.4) is 0 Å². The fourth-order valence-corrected chi connectivity index (χ4v) is 3.06. The Kier molecular flexibility index (Phi) is 5.58. The number of hydrogen-bond acceptors (Lipinski definition) is 4. The smallest absolute Gasteiger partial charge is 0.149 e. The van der Waals surface area contributed by atoms with Crippen LogP contribution in [0.2, 0.25) is 10.0 Å². The summed E-state index contributed by atoms with van der Waals surface area (Å²) in [5, 5.41) is 14.8. The van der Waals surface area contributed by atoms with Gasteiger partial charge in [-0.3, -0.25) is 0 Å². The Morgan fingerprint density at radius 3 is 2.79 bits per heavy atom. The molecule has 0 aliphatic heterocycles. The minimum absolute atomic E-state index is 0.610. The molecule has 19 heavy (non-hydrogen) atoms. The fraction of sp³-hybridized carbons (Fsp3) is 0.385. The SMILES string of the molecule is CCCNCCc1nnc(-c2ccc(Cl)cc2Cl)s1. The Labute approximate surface area is 127 Å². The lowest BCUT2D eigenvalue weighted by Gasteiger charge is -2.00. The van der Waals surface area contributed by atoms with Gasteiger partial charge in [-0.2, -0.15) is 0 Å². The summed E-state index contributed by atoms with van der Waals surface area (Å²) in [6.07, 6.45) is 2.03. The van der Waals surface area contributed by atoms with Crippen LogP contribution in [-0.4, -0.2) is 23.3 Å². The van der Waals surface area contributed by atoms with Crippen molar-refractivity contribution in [3.63, 3.8) is 0 Å². The first-order chi connectivity index (χ1) is 9.20. The molecule has 0 amide bonds. The second-order valence-electron chi connectivity index (χ2n) is 4.13. The molecule has 0 atom stereocenters. The van der Waals surface area contributed by atoms with Gasteiger partial charge in [0, 0.05) is 23.6 Å². The number of aromatic nitrogens is 2. The molecule has 1 N–H and O–H groups in total. The molecule has 0 aliphatic rings. The third kappa shape index (κ3) is 4.14.